The third-order valence-electron chi connectivity index (χ3n) is 12.1. The van der Waals surface area contributed by atoms with Crippen molar-refractivity contribution in [3.05, 3.63) is 205 Å². The summed E-state index contributed by atoms with van der Waals surface area (Å²) < 4.78 is 0. The minimum absolute atomic E-state index is 0.0708. The molecule has 0 unspecified atom stereocenters. The van der Waals surface area contributed by atoms with Gasteiger partial charge in [-0.2, -0.15) is 0 Å². The third kappa shape index (κ3) is 5.40. The first kappa shape index (κ1) is 33.2. The van der Waals surface area contributed by atoms with Gasteiger partial charge in [-0.25, -0.2) is 9.97 Å². The van der Waals surface area contributed by atoms with Gasteiger partial charge in [0.2, 0.25) is 0 Å². The van der Waals surface area contributed by atoms with Gasteiger partial charge in [-0.3, -0.25) is 0 Å². The van der Waals surface area contributed by atoms with Gasteiger partial charge in [0.1, 0.15) is 0 Å². The summed E-state index contributed by atoms with van der Waals surface area (Å²) in [7, 11) is 0. The maximum atomic E-state index is 5.44. The Kier molecular flexibility index (Phi) is 7.55. The standard InChI is InChI=1S/C55H38N2/c1-55(2)48-24-11-10-22-46(48)52-43(23-13-25-49(52)55)39-18-12-19-41(32-39)50-34-51(57-54(56-50)38-28-26-36(27-29-38)35-14-4-3-5-15-35)53-44-21-9-7-17-40(44)33-47-42-20-8-6-16-37(42)30-31-45(47)53/h3-34H,1-2H3. The van der Waals surface area contributed by atoms with Crippen molar-refractivity contribution in [3.63, 3.8) is 0 Å². The van der Waals surface area contributed by atoms with Crippen LogP contribution in [0.5, 0.6) is 0 Å². The molecule has 2 nitrogen and oxygen atoms in total. The highest BCUT2D eigenvalue weighted by Crippen LogP contribution is 2.52. The predicted octanol–water partition coefficient (Wildman–Crippen LogP) is 14.6. The fourth-order valence-corrected chi connectivity index (χ4v) is 9.23. The summed E-state index contributed by atoms with van der Waals surface area (Å²) in [6.07, 6.45) is 0. The highest BCUT2D eigenvalue weighted by atomic mass is 14.9. The van der Waals surface area contributed by atoms with Crippen molar-refractivity contribution < 1.29 is 0 Å². The predicted molar refractivity (Wildman–Crippen MR) is 239 cm³/mol. The second kappa shape index (κ2) is 13.0. The lowest BCUT2D eigenvalue weighted by molar-refractivity contribution is 0.660. The van der Waals surface area contributed by atoms with Crippen LogP contribution in [0, 0.1) is 0 Å². The summed E-state index contributed by atoms with van der Waals surface area (Å²) in [4.78, 5) is 10.8. The molecule has 0 N–H and O–H groups in total. The molecule has 57 heavy (non-hydrogen) atoms. The lowest BCUT2D eigenvalue weighted by Gasteiger charge is -2.21. The van der Waals surface area contributed by atoms with E-state index in [-0.39, 0.29) is 5.41 Å². The zero-order valence-electron chi connectivity index (χ0n) is 31.9. The Morgan fingerprint density at radius 1 is 0.333 bits per heavy atom. The van der Waals surface area contributed by atoms with E-state index in [1.165, 1.54) is 71.3 Å². The molecule has 1 aliphatic carbocycles. The highest BCUT2D eigenvalue weighted by molar-refractivity contribution is 6.19. The Morgan fingerprint density at radius 3 is 1.81 bits per heavy atom. The van der Waals surface area contributed by atoms with Crippen LogP contribution in [0.3, 0.4) is 0 Å². The second-order valence-corrected chi connectivity index (χ2v) is 15.7. The molecule has 0 radical (unpaired) electrons. The van der Waals surface area contributed by atoms with E-state index in [1.54, 1.807) is 0 Å². The van der Waals surface area contributed by atoms with E-state index in [4.69, 9.17) is 9.97 Å². The molecule has 0 bridgehead atoms. The molecule has 9 aromatic carbocycles. The van der Waals surface area contributed by atoms with E-state index >= 15 is 0 Å². The smallest absolute Gasteiger partial charge is 0.160 e. The number of rotatable bonds is 5. The number of fused-ring (bicyclic) bond motifs is 7. The molecule has 0 atom stereocenters. The van der Waals surface area contributed by atoms with E-state index in [1.807, 2.05) is 0 Å². The van der Waals surface area contributed by atoms with E-state index in [9.17, 15) is 0 Å². The molecule has 0 aliphatic heterocycles. The number of aromatic nitrogens is 2. The Hall–Kier alpha value is -7.16. The molecule has 0 amide bonds. The molecule has 0 fully saturated rings. The van der Waals surface area contributed by atoms with Crippen molar-refractivity contribution >= 4 is 32.3 Å². The SMILES string of the molecule is CC1(C)c2ccccc2-c2c(-c3cccc(-c4cc(-c5c6ccccc6cc6c5ccc5ccccc56)nc(-c5ccc(-c6ccccc6)cc5)n4)c3)cccc21. The molecule has 0 spiro atoms. The molecule has 1 aromatic heterocycles. The van der Waals surface area contributed by atoms with Gasteiger partial charge in [0, 0.05) is 22.1 Å². The fourth-order valence-electron chi connectivity index (χ4n) is 9.23. The Morgan fingerprint density at radius 2 is 0.947 bits per heavy atom. The zero-order valence-corrected chi connectivity index (χ0v) is 31.9. The largest absolute Gasteiger partial charge is 0.228 e. The molecule has 1 heterocycles. The third-order valence-corrected chi connectivity index (χ3v) is 12.1. The van der Waals surface area contributed by atoms with E-state index in [0.717, 1.165) is 33.6 Å². The monoisotopic (exact) mass is 726 g/mol. The van der Waals surface area contributed by atoms with Gasteiger partial charge in [0.15, 0.2) is 5.82 Å². The number of hydrogen-bond donors (Lipinski definition) is 0. The van der Waals surface area contributed by atoms with Crippen molar-refractivity contribution in [2.45, 2.75) is 19.3 Å². The lowest BCUT2D eigenvalue weighted by Crippen LogP contribution is -2.14. The van der Waals surface area contributed by atoms with Crippen LogP contribution in [0.2, 0.25) is 0 Å². The number of nitrogens with zero attached hydrogens (tertiary/aromatic N) is 2. The second-order valence-electron chi connectivity index (χ2n) is 15.7. The van der Waals surface area contributed by atoms with Gasteiger partial charge in [0.25, 0.3) is 0 Å². The van der Waals surface area contributed by atoms with Crippen LogP contribution < -0.4 is 0 Å². The van der Waals surface area contributed by atoms with Crippen LogP contribution in [0.4, 0.5) is 0 Å². The average molecular weight is 727 g/mol. The lowest BCUT2D eigenvalue weighted by atomic mass is 9.82. The zero-order chi connectivity index (χ0) is 38.1. The maximum Gasteiger partial charge on any atom is 0.160 e. The number of benzene rings is 9. The van der Waals surface area contributed by atoms with Gasteiger partial charge in [0.05, 0.1) is 11.4 Å². The van der Waals surface area contributed by atoms with Gasteiger partial charge in [-0.05, 0) is 95.0 Å². The molecule has 268 valence electrons. The van der Waals surface area contributed by atoms with Crippen LogP contribution in [-0.2, 0) is 5.41 Å². The Balaban J connectivity index is 1.14. The molecule has 0 saturated heterocycles. The molecular weight excluding hydrogens is 689 g/mol. The topological polar surface area (TPSA) is 25.8 Å². The van der Waals surface area contributed by atoms with E-state index in [2.05, 4.69) is 208 Å². The molecule has 1 aliphatic rings. The summed E-state index contributed by atoms with van der Waals surface area (Å²) in [5.74, 6) is 0.700. The first-order chi connectivity index (χ1) is 28.0. The van der Waals surface area contributed by atoms with Crippen molar-refractivity contribution in [3.8, 4) is 67.3 Å². The normalized spacial score (nSPS) is 12.9. The summed E-state index contributed by atoms with van der Waals surface area (Å²) >= 11 is 0. The minimum atomic E-state index is -0.0708. The fraction of sp³-hybridized carbons (Fsp3) is 0.0545. The molecule has 0 saturated carbocycles. The summed E-state index contributed by atoms with van der Waals surface area (Å²) in [5.41, 5.74) is 15.0. The van der Waals surface area contributed by atoms with Crippen molar-refractivity contribution in [1.29, 1.82) is 0 Å². The van der Waals surface area contributed by atoms with Crippen molar-refractivity contribution in [2.24, 2.45) is 0 Å². The Bertz CT molecular complexity index is 3190. The van der Waals surface area contributed by atoms with Crippen LogP contribution in [0.15, 0.2) is 194 Å². The molecule has 10 aromatic rings. The van der Waals surface area contributed by atoms with Crippen molar-refractivity contribution in [2.75, 3.05) is 0 Å². The number of hydrogen-bond acceptors (Lipinski definition) is 2. The van der Waals surface area contributed by atoms with E-state index in [0.29, 0.717) is 5.82 Å². The average Bonchev–Trinajstić information content (AvgIpc) is 3.51. The first-order valence-corrected chi connectivity index (χ1v) is 19.7. The van der Waals surface area contributed by atoms with Crippen molar-refractivity contribution in [1.82, 2.24) is 9.97 Å². The van der Waals surface area contributed by atoms with Crippen LogP contribution in [-0.4, -0.2) is 9.97 Å². The van der Waals surface area contributed by atoms with E-state index < -0.39 is 0 Å². The molecular formula is C55H38N2. The van der Waals surface area contributed by atoms with Gasteiger partial charge >= 0.3 is 0 Å². The summed E-state index contributed by atoms with van der Waals surface area (Å²) in [6, 6.07) is 70.2. The quantitative estimate of drug-likeness (QED) is 0.130. The summed E-state index contributed by atoms with van der Waals surface area (Å²) in [6.45, 7) is 4.68. The molecule has 2 heteroatoms. The molecule has 11 rings (SSSR count). The van der Waals surface area contributed by atoms with Crippen LogP contribution >= 0.6 is 0 Å². The van der Waals surface area contributed by atoms with Gasteiger partial charge in [-0.1, -0.05) is 190 Å². The first-order valence-electron chi connectivity index (χ1n) is 19.7. The van der Waals surface area contributed by atoms with Crippen LogP contribution in [0.25, 0.3) is 99.6 Å². The highest BCUT2D eigenvalue weighted by Gasteiger charge is 2.36. The summed E-state index contributed by atoms with van der Waals surface area (Å²) in [5, 5.41) is 7.22. The van der Waals surface area contributed by atoms with Crippen LogP contribution in [0.1, 0.15) is 25.0 Å². The Labute approximate surface area is 332 Å². The van der Waals surface area contributed by atoms with Gasteiger partial charge in [-0.15, -0.1) is 0 Å². The maximum absolute atomic E-state index is 5.44. The minimum Gasteiger partial charge on any atom is -0.228 e. The van der Waals surface area contributed by atoms with Gasteiger partial charge < -0.3 is 0 Å².